The van der Waals surface area contributed by atoms with Crippen LogP contribution in [0.2, 0.25) is 0 Å². The van der Waals surface area contributed by atoms with Crippen LogP contribution in [0.15, 0.2) is 5.11 Å². The summed E-state index contributed by atoms with van der Waals surface area (Å²) in [6.45, 7) is 16.2. The minimum absolute atomic E-state index is 0.113. The van der Waals surface area contributed by atoms with E-state index in [4.69, 9.17) is 16.4 Å². The van der Waals surface area contributed by atoms with Crippen molar-refractivity contribution >= 4 is 5.97 Å². The molecule has 0 aromatic carbocycles. The summed E-state index contributed by atoms with van der Waals surface area (Å²) in [4.78, 5) is 13.2. The van der Waals surface area contributed by atoms with E-state index in [0.717, 1.165) is 6.42 Å². The van der Waals surface area contributed by atoms with Crippen LogP contribution < -0.4 is 5.73 Å². The number of rotatable bonds is 10. The molecule has 0 aliphatic carbocycles. The van der Waals surface area contributed by atoms with Gasteiger partial charge in [0.1, 0.15) is 0 Å². The molecule has 0 spiro atoms. The molecule has 0 amide bonds. The van der Waals surface area contributed by atoms with Crippen LogP contribution in [0.25, 0.3) is 10.4 Å². The molecule has 3 N–H and O–H groups in total. The highest BCUT2D eigenvalue weighted by molar-refractivity contribution is 5.67. The molecule has 6 nitrogen and oxygen atoms in total. The minimum Gasteiger partial charge on any atom is -0.481 e. The van der Waals surface area contributed by atoms with Crippen molar-refractivity contribution in [2.45, 2.75) is 61.3 Å². The zero-order chi connectivity index (χ0) is 19.3. The molecule has 0 unspecified atom stereocenters. The number of hydrogen-bond donors (Lipinski definition) is 2. The van der Waals surface area contributed by atoms with Gasteiger partial charge in [-0.1, -0.05) is 60.0 Å². The number of azide groups is 1. The van der Waals surface area contributed by atoms with E-state index in [0.29, 0.717) is 42.7 Å². The fourth-order valence-electron chi connectivity index (χ4n) is 2.61. The lowest BCUT2D eigenvalue weighted by Gasteiger charge is -2.24. The maximum absolute atomic E-state index is 10.4. The molecule has 0 aromatic heterocycles. The van der Waals surface area contributed by atoms with E-state index < -0.39 is 5.97 Å². The van der Waals surface area contributed by atoms with Gasteiger partial charge in [0.05, 0.1) is 0 Å². The van der Waals surface area contributed by atoms with Gasteiger partial charge in [-0.05, 0) is 47.6 Å². The number of carbonyl (C=O) groups is 1. The fourth-order valence-corrected chi connectivity index (χ4v) is 2.61. The van der Waals surface area contributed by atoms with E-state index in [1.54, 1.807) is 0 Å². The third kappa shape index (κ3) is 11.3. The molecular weight excluding hydrogens is 304 g/mol. The number of nitrogens with two attached hydrogens (primary N) is 1. The first kappa shape index (κ1) is 25.0. The van der Waals surface area contributed by atoms with Crippen LogP contribution in [0, 0.1) is 35.5 Å². The SMILES string of the molecule is CC(C)[C@@H](C)[C@H](CN)CC(=O)O.CC[C@@H](CN=[N+]=[N-])[C@H](C)C(C)C. The van der Waals surface area contributed by atoms with E-state index in [2.05, 4.69) is 58.5 Å². The molecule has 0 aliphatic heterocycles. The zero-order valence-corrected chi connectivity index (χ0v) is 16.6. The Labute approximate surface area is 147 Å². The van der Waals surface area contributed by atoms with E-state index in [9.17, 15) is 4.79 Å². The summed E-state index contributed by atoms with van der Waals surface area (Å²) in [5.74, 6) is 2.09. The highest BCUT2D eigenvalue weighted by Crippen LogP contribution is 2.23. The Hall–Kier alpha value is -1.26. The van der Waals surface area contributed by atoms with Crippen LogP contribution in [0.5, 0.6) is 0 Å². The summed E-state index contributed by atoms with van der Waals surface area (Å²) in [6, 6.07) is 0. The van der Waals surface area contributed by atoms with E-state index in [1.165, 1.54) is 0 Å². The molecule has 0 saturated carbocycles. The maximum atomic E-state index is 10.4. The number of nitrogens with zero attached hydrogens (tertiary/aromatic N) is 3. The lowest BCUT2D eigenvalue weighted by atomic mass is 9.83. The van der Waals surface area contributed by atoms with Gasteiger partial charge in [-0.25, -0.2) is 0 Å². The highest BCUT2D eigenvalue weighted by Gasteiger charge is 2.21. The molecule has 4 atom stereocenters. The molecule has 0 bridgehead atoms. The van der Waals surface area contributed by atoms with Crippen molar-refractivity contribution in [3.63, 3.8) is 0 Å². The third-order valence-electron chi connectivity index (χ3n) is 5.23. The summed E-state index contributed by atoms with van der Waals surface area (Å²) < 4.78 is 0. The normalized spacial score (nSPS) is 15.8. The second-order valence-corrected chi connectivity index (χ2v) is 7.38. The Morgan fingerprint density at radius 3 is 1.83 bits per heavy atom. The van der Waals surface area contributed by atoms with Gasteiger partial charge in [0.25, 0.3) is 0 Å². The monoisotopic (exact) mass is 342 g/mol. The summed E-state index contributed by atoms with van der Waals surface area (Å²) in [7, 11) is 0. The van der Waals surface area contributed by atoms with Crippen molar-refractivity contribution < 1.29 is 9.90 Å². The Morgan fingerprint density at radius 2 is 1.54 bits per heavy atom. The van der Waals surface area contributed by atoms with Gasteiger partial charge in [-0.3, -0.25) is 4.79 Å². The van der Waals surface area contributed by atoms with Gasteiger partial charge in [0.15, 0.2) is 0 Å². The van der Waals surface area contributed by atoms with Crippen molar-refractivity contribution in [3.05, 3.63) is 10.4 Å². The van der Waals surface area contributed by atoms with Crippen LogP contribution in [-0.2, 0) is 4.79 Å². The molecule has 0 saturated heterocycles. The van der Waals surface area contributed by atoms with Crippen LogP contribution >= 0.6 is 0 Å². The number of aliphatic carboxylic acids is 1. The molecular formula is C18H38N4O2. The largest absolute Gasteiger partial charge is 0.481 e. The Morgan fingerprint density at radius 1 is 1.08 bits per heavy atom. The van der Waals surface area contributed by atoms with E-state index in [1.807, 2.05) is 0 Å². The molecule has 0 aliphatic rings. The predicted octanol–water partition coefficient (Wildman–Crippen LogP) is 4.94. The Bertz CT molecular complexity index is 357. The van der Waals surface area contributed by atoms with Crippen molar-refractivity contribution in [1.29, 1.82) is 0 Å². The van der Waals surface area contributed by atoms with Crippen LogP contribution in [-0.4, -0.2) is 24.2 Å². The lowest BCUT2D eigenvalue weighted by molar-refractivity contribution is -0.138. The maximum Gasteiger partial charge on any atom is 0.303 e. The number of carboxylic acid groups (broad SMARTS) is 1. The van der Waals surface area contributed by atoms with Crippen molar-refractivity contribution in [3.8, 4) is 0 Å². The molecule has 142 valence electrons. The van der Waals surface area contributed by atoms with Crippen molar-refractivity contribution in [2.75, 3.05) is 13.1 Å². The zero-order valence-electron chi connectivity index (χ0n) is 16.6. The average molecular weight is 343 g/mol. The van der Waals surface area contributed by atoms with Gasteiger partial charge in [-0.15, -0.1) is 0 Å². The summed E-state index contributed by atoms with van der Waals surface area (Å²) in [6.07, 6.45) is 1.29. The first-order chi connectivity index (χ1) is 11.1. The Kier molecular flexibility index (Phi) is 14.7. The Balaban J connectivity index is 0. The lowest BCUT2D eigenvalue weighted by Crippen LogP contribution is -2.27. The second kappa shape index (κ2) is 14.1. The van der Waals surface area contributed by atoms with Crippen molar-refractivity contribution in [2.24, 2.45) is 46.4 Å². The van der Waals surface area contributed by atoms with Gasteiger partial charge >= 0.3 is 5.97 Å². The van der Waals surface area contributed by atoms with Crippen LogP contribution in [0.3, 0.4) is 0 Å². The van der Waals surface area contributed by atoms with Gasteiger partial charge < -0.3 is 10.8 Å². The quantitative estimate of drug-likeness (QED) is 0.333. The minimum atomic E-state index is -0.752. The molecule has 0 radical (unpaired) electrons. The molecule has 0 fully saturated rings. The average Bonchev–Trinajstić information content (AvgIpc) is 2.52. The fraction of sp³-hybridized carbons (Fsp3) is 0.944. The molecule has 24 heavy (non-hydrogen) atoms. The topological polar surface area (TPSA) is 112 Å². The van der Waals surface area contributed by atoms with E-state index in [-0.39, 0.29) is 12.3 Å². The highest BCUT2D eigenvalue weighted by atomic mass is 16.4. The van der Waals surface area contributed by atoms with Crippen LogP contribution in [0.1, 0.15) is 61.3 Å². The second-order valence-electron chi connectivity index (χ2n) is 7.38. The van der Waals surface area contributed by atoms with Gasteiger partial charge in [0.2, 0.25) is 0 Å². The molecule has 6 heteroatoms. The van der Waals surface area contributed by atoms with Crippen LogP contribution in [0.4, 0.5) is 0 Å². The van der Waals surface area contributed by atoms with Crippen molar-refractivity contribution in [1.82, 2.24) is 0 Å². The first-order valence-corrected chi connectivity index (χ1v) is 9.04. The summed E-state index contributed by atoms with van der Waals surface area (Å²) in [5.41, 5.74) is 13.7. The van der Waals surface area contributed by atoms with E-state index >= 15 is 0 Å². The predicted molar refractivity (Wildman–Crippen MR) is 101 cm³/mol. The number of hydrogen-bond acceptors (Lipinski definition) is 3. The molecule has 0 heterocycles. The third-order valence-corrected chi connectivity index (χ3v) is 5.23. The van der Waals surface area contributed by atoms with Gasteiger partial charge in [0, 0.05) is 17.9 Å². The molecule has 0 rings (SSSR count). The number of carboxylic acids is 1. The van der Waals surface area contributed by atoms with Gasteiger partial charge in [-0.2, -0.15) is 0 Å². The first-order valence-electron chi connectivity index (χ1n) is 9.04. The summed E-state index contributed by atoms with van der Waals surface area (Å²) >= 11 is 0. The molecule has 0 aromatic rings. The summed E-state index contributed by atoms with van der Waals surface area (Å²) in [5, 5.41) is 12.2. The smallest absolute Gasteiger partial charge is 0.303 e. The standard InChI is InChI=1S/C9H19N3.C9H19NO2/c1-5-9(6-11-12-10)8(4)7(2)3;1-6(2)7(3)8(5-10)4-9(11)12/h7-9H,5-6H2,1-4H3;6-8H,4-5,10H2,1-3H3,(H,11,12)/t8-,9+;7-,8+/m11/s1.